The summed E-state index contributed by atoms with van der Waals surface area (Å²) in [5, 5.41) is 0. The summed E-state index contributed by atoms with van der Waals surface area (Å²) >= 11 is 0. The van der Waals surface area contributed by atoms with Gasteiger partial charge in [-0.05, 0) is 85.4 Å². The Hall–Kier alpha value is -6.33. The second-order valence-corrected chi connectivity index (χ2v) is 12.8. The van der Waals surface area contributed by atoms with Crippen LogP contribution in [-0.2, 0) is 0 Å². The van der Waals surface area contributed by atoms with Gasteiger partial charge in [-0.1, -0.05) is 109 Å². The van der Waals surface area contributed by atoms with Crippen molar-refractivity contribution in [2.75, 3.05) is 0 Å². The summed E-state index contributed by atoms with van der Waals surface area (Å²) in [6, 6.07) is 38.5. The van der Waals surface area contributed by atoms with E-state index >= 15 is 0 Å². The zero-order chi connectivity index (χ0) is 34.2. The number of fused-ring (bicyclic) bond motifs is 2. The molecule has 0 radical (unpaired) electrons. The third-order valence-electron chi connectivity index (χ3n) is 9.15. The molecule has 240 valence electrons. The highest BCUT2D eigenvalue weighted by atomic mass is 16.1. The van der Waals surface area contributed by atoms with Gasteiger partial charge in [0.25, 0.3) is 0 Å². The van der Waals surface area contributed by atoms with Crippen LogP contribution >= 0.6 is 0 Å². The predicted octanol–water partition coefficient (Wildman–Crippen LogP) is 11.2. The maximum Gasteiger partial charge on any atom is 0.159 e. The molecule has 5 nitrogen and oxygen atoms in total. The molecule has 0 fully saturated rings. The molecule has 0 unspecified atom stereocenters. The molecular formula is C45H34N4O. The van der Waals surface area contributed by atoms with Crippen LogP contribution < -0.4 is 0 Å². The van der Waals surface area contributed by atoms with E-state index in [1.807, 2.05) is 67.6 Å². The van der Waals surface area contributed by atoms with Gasteiger partial charge in [0.15, 0.2) is 5.78 Å². The predicted molar refractivity (Wildman–Crippen MR) is 205 cm³/mol. The molecule has 0 saturated heterocycles. The minimum atomic E-state index is 0.0122. The van der Waals surface area contributed by atoms with Crippen LogP contribution in [0.5, 0.6) is 0 Å². The van der Waals surface area contributed by atoms with Crippen molar-refractivity contribution in [1.82, 2.24) is 19.9 Å². The molecule has 0 N–H and O–H groups in total. The smallest absolute Gasteiger partial charge is 0.159 e. The van der Waals surface area contributed by atoms with E-state index in [2.05, 4.69) is 79.4 Å². The van der Waals surface area contributed by atoms with E-state index in [4.69, 9.17) is 19.9 Å². The summed E-state index contributed by atoms with van der Waals surface area (Å²) in [5.41, 5.74) is 15.1. The highest BCUT2D eigenvalue weighted by molar-refractivity contribution is 5.97. The fourth-order valence-electron chi connectivity index (χ4n) is 6.48. The van der Waals surface area contributed by atoms with Gasteiger partial charge in [0.2, 0.25) is 0 Å². The first-order chi connectivity index (χ1) is 24.4. The normalized spacial score (nSPS) is 12.6. The van der Waals surface area contributed by atoms with Crippen LogP contribution in [0.25, 0.3) is 78.1 Å². The first-order valence-corrected chi connectivity index (χ1v) is 16.9. The Morgan fingerprint density at radius 3 is 1.66 bits per heavy atom. The van der Waals surface area contributed by atoms with Crippen LogP contribution in [0, 0.1) is 0 Å². The summed E-state index contributed by atoms with van der Waals surface area (Å²) in [4.78, 5) is 33.0. The zero-order valence-electron chi connectivity index (χ0n) is 28.0. The van der Waals surface area contributed by atoms with Gasteiger partial charge in [0.1, 0.15) is 0 Å². The third kappa shape index (κ3) is 5.95. The van der Waals surface area contributed by atoms with E-state index < -0.39 is 0 Å². The molecule has 5 aromatic carbocycles. The second-order valence-electron chi connectivity index (χ2n) is 12.8. The molecule has 0 bridgehead atoms. The minimum absolute atomic E-state index is 0.0122. The topological polar surface area (TPSA) is 68.6 Å². The van der Waals surface area contributed by atoms with Crippen molar-refractivity contribution in [1.29, 1.82) is 0 Å². The lowest BCUT2D eigenvalue weighted by Crippen LogP contribution is -2.00. The van der Waals surface area contributed by atoms with Gasteiger partial charge in [-0.3, -0.25) is 4.79 Å². The van der Waals surface area contributed by atoms with Crippen LogP contribution in [0.15, 0.2) is 140 Å². The standard InChI is InChI=1S/C45H34N4O/c1-28(2)32-16-10-18-36(24-32)45-42(30-12-6-4-7-13-30)46-38-22-20-35(27-41(38)49-45)34-21-23-39-40(26-34)48-43(31-14-8-5-9-15-31)44(47-39)37-19-11-17-33(25-37)29(3)50/h5-6,8-27H,1,4,7H2,2-3H3. The van der Waals surface area contributed by atoms with Crippen LogP contribution in [0.2, 0.25) is 0 Å². The average molecular weight is 647 g/mol. The number of rotatable bonds is 7. The van der Waals surface area contributed by atoms with Crippen molar-refractivity contribution in [3.63, 3.8) is 0 Å². The number of hydrogen-bond donors (Lipinski definition) is 0. The van der Waals surface area contributed by atoms with Gasteiger partial charge in [-0.2, -0.15) is 0 Å². The molecule has 1 aliphatic rings. The molecular weight excluding hydrogens is 613 g/mol. The summed E-state index contributed by atoms with van der Waals surface area (Å²) in [6.45, 7) is 7.76. The van der Waals surface area contributed by atoms with Gasteiger partial charge in [0.05, 0.1) is 44.8 Å². The lowest BCUT2D eigenvalue weighted by atomic mass is 9.97. The van der Waals surface area contributed by atoms with Gasteiger partial charge < -0.3 is 0 Å². The van der Waals surface area contributed by atoms with Crippen molar-refractivity contribution in [2.45, 2.75) is 26.7 Å². The quantitative estimate of drug-likeness (QED) is 0.161. The first kappa shape index (κ1) is 31.0. The minimum Gasteiger partial charge on any atom is -0.295 e. The van der Waals surface area contributed by atoms with Gasteiger partial charge in [-0.25, -0.2) is 19.9 Å². The van der Waals surface area contributed by atoms with Crippen molar-refractivity contribution in [3.8, 4) is 44.9 Å². The van der Waals surface area contributed by atoms with Crippen LogP contribution in [0.1, 0.15) is 48.3 Å². The molecule has 2 aromatic heterocycles. The van der Waals surface area contributed by atoms with E-state index in [0.717, 1.165) is 102 Å². The number of Topliss-reactive ketones (excluding diaryl/α,β-unsaturated/α-hetero) is 1. The SMILES string of the molecule is C=C(C)c1cccc(-c2nc3cc(-c4ccc5nc(-c6cccc(C(C)=O)c6)c(-c6ccccc6)nc5c4)ccc3nc2C2=CCCC=C2)c1. The fourth-order valence-corrected chi connectivity index (χ4v) is 6.48. The van der Waals surface area contributed by atoms with Crippen molar-refractivity contribution >= 4 is 39.0 Å². The molecule has 0 saturated carbocycles. The molecule has 2 heterocycles. The van der Waals surface area contributed by atoms with E-state index in [1.165, 1.54) is 0 Å². The van der Waals surface area contributed by atoms with Crippen molar-refractivity contribution in [3.05, 3.63) is 157 Å². The maximum absolute atomic E-state index is 12.2. The number of hydrogen-bond acceptors (Lipinski definition) is 5. The molecule has 0 atom stereocenters. The van der Waals surface area contributed by atoms with E-state index in [-0.39, 0.29) is 5.78 Å². The highest BCUT2D eigenvalue weighted by Gasteiger charge is 2.18. The lowest BCUT2D eigenvalue weighted by Gasteiger charge is -2.15. The highest BCUT2D eigenvalue weighted by Crippen LogP contribution is 2.35. The maximum atomic E-state index is 12.2. The number of aromatic nitrogens is 4. The van der Waals surface area contributed by atoms with E-state index in [1.54, 1.807) is 6.92 Å². The number of carbonyl (C=O) groups excluding carboxylic acids is 1. The third-order valence-corrected chi connectivity index (χ3v) is 9.15. The number of benzene rings is 5. The van der Waals surface area contributed by atoms with Crippen LogP contribution in [-0.4, -0.2) is 25.7 Å². The first-order valence-electron chi connectivity index (χ1n) is 16.9. The van der Waals surface area contributed by atoms with Gasteiger partial charge >= 0.3 is 0 Å². The number of nitrogens with zero attached hydrogens (tertiary/aromatic N) is 4. The van der Waals surface area contributed by atoms with Gasteiger partial charge in [-0.15, -0.1) is 0 Å². The molecule has 7 aromatic rings. The average Bonchev–Trinajstić information content (AvgIpc) is 3.17. The van der Waals surface area contributed by atoms with Crippen molar-refractivity contribution in [2.24, 2.45) is 0 Å². The Balaban J connectivity index is 1.26. The molecule has 0 spiro atoms. The summed E-state index contributed by atoms with van der Waals surface area (Å²) in [6.07, 6.45) is 8.63. The Bertz CT molecular complexity index is 2550. The number of allylic oxidation sites excluding steroid dienone is 5. The Labute approximate surface area is 291 Å². The second kappa shape index (κ2) is 12.9. The Morgan fingerprint density at radius 2 is 1.06 bits per heavy atom. The van der Waals surface area contributed by atoms with E-state index in [9.17, 15) is 4.79 Å². The fraction of sp³-hybridized carbons (Fsp3) is 0.0889. The summed E-state index contributed by atoms with van der Waals surface area (Å²) in [5.74, 6) is 0.0122. The zero-order valence-corrected chi connectivity index (χ0v) is 28.0. The van der Waals surface area contributed by atoms with E-state index in [0.29, 0.717) is 5.56 Å². The molecule has 8 rings (SSSR count). The number of carbonyl (C=O) groups is 1. The number of ketones is 1. The largest absolute Gasteiger partial charge is 0.295 e. The molecule has 5 heteroatoms. The Morgan fingerprint density at radius 1 is 0.520 bits per heavy atom. The Kier molecular flexibility index (Phi) is 8.01. The van der Waals surface area contributed by atoms with Gasteiger partial charge in [0, 0.05) is 22.3 Å². The van der Waals surface area contributed by atoms with Crippen LogP contribution in [0.4, 0.5) is 0 Å². The summed E-state index contributed by atoms with van der Waals surface area (Å²) < 4.78 is 0. The molecule has 1 aliphatic carbocycles. The molecule has 0 aliphatic heterocycles. The summed E-state index contributed by atoms with van der Waals surface area (Å²) in [7, 11) is 0. The van der Waals surface area contributed by atoms with Crippen molar-refractivity contribution < 1.29 is 4.79 Å². The van der Waals surface area contributed by atoms with Crippen LogP contribution in [0.3, 0.4) is 0 Å². The monoisotopic (exact) mass is 646 g/mol. The molecule has 50 heavy (non-hydrogen) atoms. The molecule has 0 amide bonds. The lowest BCUT2D eigenvalue weighted by molar-refractivity contribution is 0.101.